The average Bonchev–Trinajstić information content (AvgIpc) is 3.43. The van der Waals surface area contributed by atoms with Crippen LogP contribution in [0.2, 0.25) is 0 Å². The molecule has 6 heteroatoms. The van der Waals surface area contributed by atoms with Crippen molar-refractivity contribution < 1.29 is 28.6 Å². The first kappa shape index (κ1) is 74.6. The summed E-state index contributed by atoms with van der Waals surface area (Å²) < 4.78 is 16.9. The van der Waals surface area contributed by atoms with Gasteiger partial charge in [0.25, 0.3) is 0 Å². The molecule has 0 aromatic carbocycles. The zero-order valence-corrected chi connectivity index (χ0v) is 52.0. The summed E-state index contributed by atoms with van der Waals surface area (Å²) in [5, 5.41) is 0. The fourth-order valence-electron chi connectivity index (χ4n) is 10.4. The smallest absolute Gasteiger partial charge is 0.306 e. The van der Waals surface area contributed by atoms with Gasteiger partial charge in [0.05, 0.1) is 0 Å². The van der Waals surface area contributed by atoms with Crippen LogP contribution in [-0.4, -0.2) is 37.2 Å². The van der Waals surface area contributed by atoms with Gasteiger partial charge in [-0.3, -0.25) is 14.4 Å². The Morgan fingerprint density at radius 3 is 0.779 bits per heavy atom. The third-order valence-corrected chi connectivity index (χ3v) is 15.6. The third-order valence-electron chi connectivity index (χ3n) is 15.6. The van der Waals surface area contributed by atoms with E-state index >= 15 is 0 Å². The van der Waals surface area contributed by atoms with Gasteiger partial charge in [-0.1, -0.05) is 327 Å². The summed E-state index contributed by atoms with van der Waals surface area (Å²) in [6.45, 7) is 6.63. The largest absolute Gasteiger partial charge is 0.462 e. The Balaban J connectivity index is 4.15. The lowest BCUT2D eigenvalue weighted by Crippen LogP contribution is -2.30. The second-order valence-corrected chi connectivity index (χ2v) is 23.4. The van der Waals surface area contributed by atoms with Crippen LogP contribution in [0.15, 0.2) is 36.5 Å². The molecule has 0 rings (SSSR count). The number of hydrogen-bond donors (Lipinski definition) is 0. The molecule has 0 N–H and O–H groups in total. The minimum absolute atomic E-state index is 0.0706. The van der Waals surface area contributed by atoms with Crippen LogP contribution in [0.5, 0.6) is 0 Å². The van der Waals surface area contributed by atoms with Crippen molar-refractivity contribution in [2.45, 2.75) is 386 Å². The van der Waals surface area contributed by atoms with Gasteiger partial charge in [0, 0.05) is 19.3 Å². The Morgan fingerprint density at radius 1 is 0.260 bits per heavy atom. The van der Waals surface area contributed by atoms with E-state index in [1.165, 1.54) is 263 Å². The number of ether oxygens (including phenoxy) is 3. The molecule has 0 fully saturated rings. The van der Waals surface area contributed by atoms with Gasteiger partial charge in [0.1, 0.15) is 13.2 Å². The van der Waals surface area contributed by atoms with Crippen molar-refractivity contribution >= 4 is 17.9 Å². The van der Waals surface area contributed by atoms with Gasteiger partial charge in [-0.15, -0.1) is 0 Å². The van der Waals surface area contributed by atoms with Crippen LogP contribution >= 0.6 is 0 Å². The van der Waals surface area contributed by atoms with Gasteiger partial charge in [-0.05, 0) is 70.6 Å². The molecule has 6 nitrogen and oxygen atoms in total. The number of rotatable bonds is 64. The number of hydrogen-bond acceptors (Lipinski definition) is 6. The lowest BCUT2D eigenvalue weighted by atomic mass is 10.0. The highest BCUT2D eigenvalue weighted by Crippen LogP contribution is 2.18. The minimum atomic E-state index is -0.773. The molecule has 1 unspecified atom stereocenters. The molecule has 0 heterocycles. The minimum Gasteiger partial charge on any atom is -0.462 e. The number of carbonyl (C=O) groups excluding carboxylic acids is 3. The highest BCUT2D eigenvalue weighted by atomic mass is 16.6. The monoisotopic (exact) mass is 1080 g/mol. The SMILES string of the molecule is CCC/C=C\CCCCCCCC(=O)OCC(COC(=O)CCCCCCCCCCCCCCC/C=C\C/C=C\CCCCCCC)OC(=O)CCCCCCCCCCCCCCCCCCCCCCCCCC. The van der Waals surface area contributed by atoms with Crippen LogP contribution in [0.25, 0.3) is 0 Å². The van der Waals surface area contributed by atoms with E-state index in [0.29, 0.717) is 19.3 Å². The maximum Gasteiger partial charge on any atom is 0.306 e. The van der Waals surface area contributed by atoms with Crippen LogP contribution < -0.4 is 0 Å². The molecule has 0 aliphatic rings. The van der Waals surface area contributed by atoms with Crippen molar-refractivity contribution in [3.05, 3.63) is 36.5 Å². The second-order valence-electron chi connectivity index (χ2n) is 23.4. The predicted molar refractivity (Wildman–Crippen MR) is 335 cm³/mol. The third kappa shape index (κ3) is 64.3. The first-order valence-electron chi connectivity index (χ1n) is 34.5. The standard InChI is InChI=1S/C71H132O6/c1-4-7-10-13-16-19-22-24-26-28-30-32-34-36-38-39-41-43-45-47-49-52-55-58-61-64-70(73)76-67-68(66-75-69(72)63-60-57-54-51-21-18-15-12-9-6-3)77-71(74)65-62-59-56-53-50-48-46-44-42-40-37-35-33-31-29-27-25-23-20-17-14-11-8-5-2/h12,15,22,24,28,30,68H,4-11,13-14,16-21,23,25-27,29,31-67H2,1-3H3/b15-12-,24-22-,30-28-. The van der Waals surface area contributed by atoms with Crippen molar-refractivity contribution in [3.8, 4) is 0 Å². The van der Waals surface area contributed by atoms with Gasteiger partial charge >= 0.3 is 17.9 Å². The number of carbonyl (C=O) groups is 3. The topological polar surface area (TPSA) is 78.9 Å². The molecular weight excluding hydrogens is 949 g/mol. The normalized spacial score (nSPS) is 12.2. The first-order chi connectivity index (χ1) is 38.0. The van der Waals surface area contributed by atoms with Gasteiger partial charge in [0.2, 0.25) is 0 Å². The van der Waals surface area contributed by atoms with E-state index in [9.17, 15) is 14.4 Å². The Hall–Kier alpha value is -2.37. The Labute approximate surface area is 480 Å². The van der Waals surface area contributed by atoms with E-state index in [-0.39, 0.29) is 31.1 Å². The summed E-state index contributed by atoms with van der Waals surface area (Å²) in [6.07, 6.45) is 81.8. The lowest BCUT2D eigenvalue weighted by Gasteiger charge is -2.18. The van der Waals surface area contributed by atoms with Crippen LogP contribution in [-0.2, 0) is 28.6 Å². The summed E-state index contributed by atoms with van der Waals surface area (Å²) in [5.74, 6) is -0.857. The maximum absolute atomic E-state index is 12.9. The van der Waals surface area contributed by atoms with Gasteiger partial charge in [-0.2, -0.15) is 0 Å². The Kier molecular flexibility index (Phi) is 64.1. The van der Waals surface area contributed by atoms with Crippen LogP contribution in [0.1, 0.15) is 380 Å². The first-order valence-corrected chi connectivity index (χ1v) is 34.5. The van der Waals surface area contributed by atoms with E-state index in [4.69, 9.17) is 14.2 Å². The Bertz CT molecular complexity index is 1290. The average molecular weight is 1080 g/mol. The van der Waals surface area contributed by atoms with Crippen molar-refractivity contribution in [1.82, 2.24) is 0 Å². The van der Waals surface area contributed by atoms with Crippen LogP contribution in [0, 0.1) is 0 Å². The zero-order valence-electron chi connectivity index (χ0n) is 52.0. The molecule has 0 saturated carbocycles. The van der Waals surface area contributed by atoms with Crippen molar-refractivity contribution in [1.29, 1.82) is 0 Å². The molecule has 0 aromatic heterocycles. The van der Waals surface area contributed by atoms with Gasteiger partial charge in [0.15, 0.2) is 6.10 Å². The molecule has 77 heavy (non-hydrogen) atoms. The summed E-state index contributed by atoms with van der Waals surface area (Å²) >= 11 is 0. The second kappa shape index (κ2) is 66.1. The number of allylic oxidation sites excluding steroid dienone is 6. The zero-order chi connectivity index (χ0) is 55.7. The highest BCUT2D eigenvalue weighted by Gasteiger charge is 2.19. The summed E-state index contributed by atoms with van der Waals surface area (Å²) in [6, 6.07) is 0. The van der Waals surface area contributed by atoms with Crippen LogP contribution in [0.3, 0.4) is 0 Å². The molecule has 1 atom stereocenters. The number of esters is 3. The van der Waals surface area contributed by atoms with Crippen molar-refractivity contribution in [2.24, 2.45) is 0 Å². The van der Waals surface area contributed by atoms with Crippen LogP contribution in [0.4, 0.5) is 0 Å². The van der Waals surface area contributed by atoms with Crippen molar-refractivity contribution in [3.63, 3.8) is 0 Å². The predicted octanol–water partition coefficient (Wildman–Crippen LogP) is 23.6. The highest BCUT2D eigenvalue weighted by molar-refractivity contribution is 5.71. The molecule has 0 bridgehead atoms. The molecule has 0 amide bonds. The Morgan fingerprint density at radius 2 is 0.494 bits per heavy atom. The molecule has 452 valence electrons. The van der Waals surface area contributed by atoms with E-state index in [1.807, 2.05) is 0 Å². The fourth-order valence-corrected chi connectivity index (χ4v) is 10.4. The summed E-state index contributed by atoms with van der Waals surface area (Å²) in [5.41, 5.74) is 0. The molecular formula is C71H132O6. The summed E-state index contributed by atoms with van der Waals surface area (Å²) in [4.78, 5) is 38.3. The molecule has 0 saturated heterocycles. The maximum atomic E-state index is 12.9. The summed E-state index contributed by atoms with van der Waals surface area (Å²) in [7, 11) is 0. The van der Waals surface area contributed by atoms with E-state index in [1.54, 1.807) is 0 Å². The van der Waals surface area contributed by atoms with Crippen molar-refractivity contribution in [2.75, 3.05) is 13.2 Å². The van der Waals surface area contributed by atoms with Gasteiger partial charge < -0.3 is 14.2 Å². The quantitative estimate of drug-likeness (QED) is 0.0261. The molecule has 0 radical (unpaired) electrons. The molecule has 0 aliphatic heterocycles. The van der Waals surface area contributed by atoms with E-state index in [0.717, 1.165) is 77.0 Å². The molecule has 0 aliphatic carbocycles. The fraction of sp³-hybridized carbons (Fsp3) is 0.873. The van der Waals surface area contributed by atoms with E-state index < -0.39 is 6.10 Å². The van der Waals surface area contributed by atoms with E-state index in [2.05, 4.69) is 57.2 Å². The molecule has 0 aromatic rings. The lowest BCUT2D eigenvalue weighted by molar-refractivity contribution is -0.167. The molecule has 0 spiro atoms. The number of unbranched alkanes of at least 4 members (excludes halogenated alkanes) is 47. The van der Waals surface area contributed by atoms with Gasteiger partial charge in [-0.25, -0.2) is 0 Å².